The van der Waals surface area contributed by atoms with Gasteiger partial charge in [-0.2, -0.15) is 4.98 Å². The highest BCUT2D eigenvalue weighted by Gasteiger charge is 2.37. The molecule has 5 heteroatoms. The minimum atomic E-state index is -0.283. The Balaban J connectivity index is 1.76. The van der Waals surface area contributed by atoms with E-state index in [9.17, 15) is 0 Å². The van der Waals surface area contributed by atoms with Crippen molar-refractivity contribution in [1.29, 1.82) is 0 Å². The first-order valence-corrected chi connectivity index (χ1v) is 8.07. The van der Waals surface area contributed by atoms with Crippen LogP contribution in [0, 0.1) is 6.92 Å². The van der Waals surface area contributed by atoms with Crippen LogP contribution in [0.15, 0.2) is 47.1 Å². The molecule has 0 radical (unpaired) electrons. The fourth-order valence-electron chi connectivity index (χ4n) is 3.22. The highest BCUT2D eigenvalue weighted by molar-refractivity contribution is 5.53. The molecule has 1 aliphatic rings. The maximum atomic E-state index is 6.08. The monoisotopic (exact) mass is 321 g/mol. The molecule has 1 aliphatic heterocycles. The van der Waals surface area contributed by atoms with E-state index in [0.717, 1.165) is 29.0 Å². The molecule has 0 saturated carbocycles. The summed E-state index contributed by atoms with van der Waals surface area (Å²) in [5.41, 5.74) is 2.59. The van der Waals surface area contributed by atoms with Gasteiger partial charge in [0.05, 0.1) is 5.92 Å². The molecule has 2 aromatic heterocycles. The largest absolute Gasteiger partial charge is 0.488 e. The first-order chi connectivity index (χ1) is 11.5. The van der Waals surface area contributed by atoms with Gasteiger partial charge in [0.25, 0.3) is 0 Å². The van der Waals surface area contributed by atoms with Crippen molar-refractivity contribution >= 4 is 0 Å². The zero-order valence-electron chi connectivity index (χ0n) is 14.0. The van der Waals surface area contributed by atoms with Gasteiger partial charge in [0.15, 0.2) is 0 Å². The van der Waals surface area contributed by atoms with Crippen LogP contribution in [-0.4, -0.2) is 20.7 Å². The topological polar surface area (TPSA) is 61.0 Å². The normalized spacial score (nSPS) is 18.7. The highest BCUT2D eigenvalue weighted by Crippen LogP contribution is 2.43. The fraction of sp³-hybridized carbons (Fsp3) is 0.316. The number of aromatic nitrogens is 3. The second kappa shape index (κ2) is 5.44. The molecule has 0 spiro atoms. The quantitative estimate of drug-likeness (QED) is 0.710. The highest BCUT2D eigenvalue weighted by atomic mass is 16.5. The summed E-state index contributed by atoms with van der Waals surface area (Å²) in [6.07, 6.45) is 2.53. The van der Waals surface area contributed by atoms with Crippen LogP contribution in [0.3, 0.4) is 0 Å². The smallest absolute Gasteiger partial charge is 0.234 e. The SMILES string of the molecule is Cc1cccnc1-c1noc(C2CC(C)(C)Oc3ccccc32)n1. The standard InChI is InChI=1S/C19H19N3O2/c1-12-7-6-10-20-16(12)17-21-18(24-22-17)14-11-19(2,3)23-15-9-5-4-8-13(14)15/h4-10,14H,11H2,1-3H3. The molecule has 1 aromatic carbocycles. The fourth-order valence-corrected chi connectivity index (χ4v) is 3.22. The number of nitrogens with zero attached hydrogens (tertiary/aromatic N) is 3. The van der Waals surface area contributed by atoms with E-state index in [4.69, 9.17) is 9.26 Å². The zero-order valence-corrected chi connectivity index (χ0v) is 14.0. The predicted molar refractivity (Wildman–Crippen MR) is 89.9 cm³/mol. The predicted octanol–water partition coefficient (Wildman–Crippen LogP) is 4.13. The van der Waals surface area contributed by atoms with Crippen LogP contribution in [0.25, 0.3) is 11.5 Å². The molecular weight excluding hydrogens is 302 g/mol. The summed E-state index contributed by atoms with van der Waals surface area (Å²) >= 11 is 0. The Labute approximate surface area is 140 Å². The zero-order chi connectivity index (χ0) is 16.7. The number of hydrogen-bond acceptors (Lipinski definition) is 5. The van der Waals surface area contributed by atoms with E-state index in [1.165, 1.54) is 0 Å². The van der Waals surface area contributed by atoms with Crippen molar-refractivity contribution in [1.82, 2.24) is 15.1 Å². The number of benzene rings is 1. The molecule has 0 fully saturated rings. The molecule has 1 atom stereocenters. The van der Waals surface area contributed by atoms with Gasteiger partial charge in [0, 0.05) is 18.2 Å². The summed E-state index contributed by atoms with van der Waals surface area (Å²) in [6.45, 7) is 6.15. The van der Waals surface area contributed by atoms with E-state index in [2.05, 4.69) is 35.0 Å². The Morgan fingerprint density at radius 3 is 2.79 bits per heavy atom. The molecule has 5 nitrogen and oxygen atoms in total. The van der Waals surface area contributed by atoms with Crippen LogP contribution in [0.2, 0.25) is 0 Å². The van der Waals surface area contributed by atoms with Crippen molar-refractivity contribution in [3.63, 3.8) is 0 Å². The van der Waals surface area contributed by atoms with E-state index in [1.54, 1.807) is 6.20 Å². The van der Waals surface area contributed by atoms with Gasteiger partial charge in [-0.1, -0.05) is 29.4 Å². The Morgan fingerprint density at radius 2 is 1.96 bits per heavy atom. The number of aryl methyl sites for hydroxylation is 1. The second-order valence-electron chi connectivity index (χ2n) is 6.78. The van der Waals surface area contributed by atoms with Gasteiger partial charge >= 0.3 is 0 Å². The lowest BCUT2D eigenvalue weighted by molar-refractivity contribution is 0.0725. The van der Waals surface area contributed by atoms with Crippen molar-refractivity contribution in [2.75, 3.05) is 0 Å². The van der Waals surface area contributed by atoms with Crippen LogP contribution >= 0.6 is 0 Å². The molecule has 0 saturated heterocycles. The molecular formula is C19H19N3O2. The van der Waals surface area contributed by atoms with Gasteiger partial charge in [-0.3, -0.25) is 4.98 Å². The maximum Gasteiger partial charge on any atom is 0.234 e. The van der Waals surface area contributed by atoms with Crippen molar-refractivity contribution in [2.45, 2.75) is 38.7 Å². The average molecular weight is 321 g/mol. The summed E-state index contributed by atoms with van der Waals surface area (Å²) in [7, 11) is 0. The van der Waals surface area contributed by atoms with Gasteiger partial charge < -0.3 is 9.26 Å². The molecule has 4 rings (SSSR count). The van der Waals surface area contributed by atoms with E-state index in [0.29, 0.717) is 11.7 Å². The van der Waals surface area contributed by atoms with Gasteiger partial charge in [-0.25, -0.2) is 0 Å². The number of fused-ring (bicyclic) bond motifs is 1. The van der Waals surface area contributed by atoms with Crippen LogP contribution in [0.4, 0.5) is 0 Å². The lowest BCUT2D eigenvalue weighted by Crippen LogP contribution is -2.35. The Hall–Kier alpha value is -2.69. The third-order valence-electron chi connectivity index (χ3n) is 4.34. The van der Waals surface area contributed by atoms with Gasteiger partial charge in [-0.15, -0.1) is 0 Å². The van der Waals surface area contributed by atoms with Crippen LogP contribution in [0.1, 0.15) is 43.2 Å². The maximum absolute atomic E-state index is 6.08. The molecule has 3 heterocycles. The Kier molecular flexibility index (Phi) is 3.37. The van der Waals surface area contributed by atoms with Gasteiger partial charge in [0.1, 0.15) is 17.0 Å². The average Bonchev–Trinajstić information content (AvgIpc) is 3.03. The molecule has 0 aliphatic carbocycles. The third-order valence-corrected chi connectivity index (χ3v) is 4.34. The lowest BCUT2D eigenvalue weighted by Gasteiger charge is -2.36. The van der Waals surface area contributed by atoms with Gasteiger partial charge in [-0.05, 0) is 38.5 Å². The first-order valence-electron chi connectivity index (χ1n) is 8.07. The van der Waals surface area contributed by atoms with E-state index in [-0.39, 0.29) is 11.5 Å². The number of ether oxygens (including phenoxy) is 1. The van der Waals surface area contributed by atoms with E-state index in [1.807, 2.05) is 37.3 Å². The number of para-hydroxylation sites is 1. The Bertz CT molecular complexity index is 886. The summed E-state index contributed by atoms with van der Waals surface area (Å²) in [5.74, 6) is 2.05. The molecule has 0 bridgehead atoms. The van der Waals surface area contributed by atoms with Gasteiger partial charge in [0.2, 0.25) is 11.7 Å². The second-order valence-corrected chi connectivity index (χ2v) is 6.78. The van der Waals surface area contributed by atoms with Crippen molar-refractivity contribution in [3.8, 4) is 17.3 Å². The summed E-state index contributed by atoms with van der Waals surface area (Å²) in [6, 6.07) is 11.9. The molecule has 122 valence electrons. The lowest BCUT2D eigenvalue weighted by atomic mass is 9.84. The number of pyridine rings is 1. The van der Waals surface area contributed by atoms with Crippen molar-refractivity contribution < 1.29 is 9.26 Å². The van der Waals surface area contributed by atoms with Crippen molar-refractivity contribution in [3.05, 3.63) is 59.6 Å². The van der Waals surface area contributed by atoms with E-state index < -0.39 is 0 Å². The number of hydrogen-bond donors (Lipinski definition) is 0. The van der Waals surface area contributed by atoms with Crippen LogP contribution in [-0.2, 0) is 0 Å². The number of rotatable bonds is 2. The summed E-state index contributed by atoms with van der Waals surface area (Å²) in [4.78, 5) is 9.00. The van der Waals surface area contributed by atoms with Crippen LogP contribution < -0.4 is 4.74 Å². The molecule has 0 amide bonds. The minimum absolute atomic E-state index is 0.0234. The van der Waals surface area contributed by atoms with Crippen molar-refractivity contribution in [2.24, 2.45) is 0 Å². The van der Waals surface area contributed by atoms with Crippen LogP contribution in [0.5, 0.6) is 5.75 Å². The summed E-state index contributed by atoms with van der Waals surface area (Å²) < 4.78 is 11.7. The summed E-state index contributed by atoms with van der Waals surface area (Å²) in [5, 5.41) is 4.15. The van der Waals surface area contributed by atoms with E-state index >= 15 is 0 Å². The third kappa shape index (κ3) is 2.56. The Morgan fingerprint density at radius 1 is 1.12 bits per heavy atom. The molecule has 3 aromatic rings. The molecule has 0 N–H and O–H groups in total. The minimum Gasteiger partial charge on any atom is -0.488 e. The molecule has 24 heavy (non-hydrogen) atoms. The first kappa shape index (κ1) is 14.9. The molecule has 1 unspecified atom stereocenters.